The first-order chi connectivity index (χ1) is 14.7. The van der Waals surface area contributed by atoms with E-state index < -0.39 is 0 Å². The quantitative estimate of drug-likeness (QED) is 0.255. The maximum absolute atomic E-state index is 12.8. The van der Waals surface area contributed by atoms with E-state index in [0.29, 0.717) is 23.4 Å². The molecule has 30 heavy (non-hydrogen) atoms. The molecule has 0 aliphatic heterocycles. The molecule has 4 nitrogen and oxygen atoms in total. The minimum absolute atomic E-state index is 0.176. The van der Waals surface area contributed by atoms with Gasteiger partial charge in [-0.15, -0.1) is 11.8 Å². The van der Waals surface area contributed by atoms with Gasteiger partial charge in [0.25, 0.3) is 5.91 Å². The number of carbonyl (C=O) groups is 2. The monoisotopic (exact) mass is 419 g/mol. The average molecular weight is 420 g/mol. The van der Waals surface area contributed by atoms with Gasteiger partial charge >= 0.3 is 5.97 Å². The molecule has 0 saturated carbocycles. The van der Waals surface area contributed by atoms with Gasteiger partial charge in [-0.3, -0.25) is 4.79 Å². The largest absolute Gasteiger partial charge is 0.462 e. The molecule has 5 heteroatoms. The molecule has 0 aromatic heterocycles. The molecule has 0 atom stereocenters. The number of unbranched alkanes of at least 4 members (excludes halogenated alkanes) is 1. The third-order valence-electron chi connectivity index (χ3n) is 4.48. The van der Waals surface area contributed by atoms with Crippen molar-refractivity contribution in [2.45, 2.75) is 30.4 Å². The van der Waals surface area contributed by atoms with E-state index in [1.54, 1.807) is 36.0 Å². The summed E-state index contributed by atoms with van der Waals surface area (Å²) < 4.78 is 5.21. The van der Waals surface area contributed by atoms with Crippen LogP contribution < -0.4 is 5.32 Å². The number of carbonyl (C=O) groups excluding carboxylic acids is 2. The topological polar surface area (TPSA) is 55.4 Å². The summed E-state index contributed by atoms with van der Waals surface area (Å²) in [6.07, 6.45) is 1.82. The van der Waals surface area contributed by atoms with Gasteiger partial charge in [0.15, 0.2) is 0 Å². The van der Waals surface area contributed by atoms with E-state index in [0.717, 1.165) is 23.5 Å². The second-order valence-corrected chi connectivity index (χ2v) is 7.81. The Balaban J connectivity index is 1.62. The van der Waals surface area contributed by atoms with Gasteiger partial charge in [-0.25, -0.2) is 4.79 Å². The standard InChI is InChI=1S/C25H25NO3S/c1-2-3-17-29-25(28)20-13-15-21(16-14-20)26-24(27)22-11-7-8-12-23(22)30-18-19-9-5-4-6-10-19/h4-16H,2-3,17-18H2,1H3,(H,26,27). The molecule has 1 N–H and O–H groups in total. The third kappa shape index (κ3) is 6.22. The predicted octanol–water partition coefficient (Wildman–Crippen LogP) is 6.19. The zero-order valence-corrected chi connectivity index (χ0v) is 17.8. The highest BCUT2D eigenvalue weighted by Gasteiger charge is 2.13. The minimum Gasteiger partial charge on any atom is -0.462 e. The predicted molar refractivity (Wildman–Crippen MR) is 122 cm³/mol. The summed E-state index contributed by atoms with van der Waals surface area (Å²) >= 11 is 1.63. The van der Waals surface area contributed by atoms with Crippen LogP contribution in [0.5, 0.6) is 0 Å². The number of benzene rings is 3. The maximum atomic E-state index is 12.8. The fourth-order valence-electron chi connectivity index (χ4n) is 2.80. The number of hydrogen-bond acceptors (Lipinski definition) is 4. The van der Waals surface area contributed by atoms with Gasteiger partial charge in [0.05, 0.1) is 17.7 Å². The number of rotatable bonds is 9. The van der Waals surface area contributed by atoms with Crippen LogP contribution >= 0.6 is 11.8 Å². The highest BCUT2D eigenvalue weighted by molar-refractivity contribution is 7.98. The van der Waals surface area contributed by atoms with E-state index in [1.807, 2.05) is 49.4 Å². The van der Waals surface area contributed by atoms with Crippen LogP contribution in [-0.4, -0.2) is 18.5 Å². The van der Waals surface area contributed by atoms with Crippen LogP contribution in [0.15, 0.2) is 83.8 Å². The zero-order valence-electron chi connectivity index (χ0n) is 17.0. The second-order valence-electron chi connectivity index (χ2n) is 6.79. The maximum Gasteiger partial charge on any atom is 0.338 e. The molecule has 0 aliphatic rings. The molecule has 0 spiro atoms. The summed E-state index contributed by atoms with van der Waals surface area (Å²) in [7, 11) is 0. The van der Waals surface area contributed by atoms with Crippen molar-refractivity contribution in [1.29, 1.82) is 0 Å². The lowest BCUT2D eigenvalue weighted by atomic mass is 10.2. The number of nitrogens with one attached hydrogen (secondary N) is 1. The van der Waals surface area contributed by atoms with E-state index in [4.69, 9.17) is 4.74 Å². The van der Waals surface area contributed by atoms with Gasteiger partial charge in [0.1, 0.15) is 0 Å². The van der Waals surface area contributed by atoms with E-state index in [9.17, 15) is 9.59 Å². The minimum atomic E-state index is -0.344. The van der Waals surface area contributed by atoms with Crippen molar-refractivity contribution < 1.29 is 14.3 Å². The Bertz CT molecular complexity index is 971. The lowest BCUT2D eigenvalue weighted by Crippen LogP contribution is -2.13. The third-order valence-corrected chi connectivity index (χ3v) is 5.62. The molecular weight excluding hydrogens is 394 g/mol. The highest BCUT2D eigenvalue weighted by atomic mass is 32.2. The van der Waals surface area contributed by atoms with E-state index in [-0.39, 0.29) is 11.9 Å². The molecule has 1 amide bonds. The van der Waals surface area contributed by atoms with E-state index in [2.05, 4.69) is 17.4 Å². The van der Waals surface area contributed by atoms with Crippen LogP contribution in [0.1, 0.15) is 46.0 Å². The Labute approximate surface area is 181 Å². The van der Waals surface area contributed by atoms with Gasteiger partial charge in [0.2, 0.25) is 0 Å². The van der Waals surface area contributed by atoms with Crippen LogP contribution in [0.25, 0.3) is 0 Å². The van der Waals surface area contributed by atoms with Crippen LogP contribution in [0.3, 0.4) is 0 Å². The lowest BCUT2D eigenvalue weighted by Gasteiger charge is -2.11. The highest BCUT2D eigenvalue weighted by Crippen LogP contribution is 2.27. The first-order valence-corrected chi connectivity index (χ1v) is 11.0. The number of amides is 1. The first-order valence-electron chi connectivity index (χ1n) is 10.0. The Kier molecular flexibility index (Phi) is 8.10. The Morgan fingerprint density at radius 2 is 1.60 bits per heavy atom. The molecule has 0 bridgehead atoms. The number of ether oxygens (including phenoxy) is 1. The van der Waals surface area contributed by atoms with Gasteiger partial charge < -0.3 is 10.1 Å². The summed E-state index contributed by atoms with van der Waals surface area (Å²) in [4.78, 5) is 25.7. The molecule has 3 rings (SSSR count). The molecule has 0 radical (unpaired) electrons. The fourth-order valence-corrected chi connectivity index (χ4v) is 3.80. The van der Waals surface area contributed by atoms with Crippen molar-refractivity contribution in [1.82, 2.24) is 0 Å². The summed E-state index contributed by atoms with van der Waals surface area (Å²) in [5, 5.41) is 2.91. The number of thioether (sulfide) groups is 1. The van der Waals surface area contributed by atoms with Crippen molar-refractivity contribution in [3.8, 4) is 0 Å². The van der Waals surface area contributed by atoms with Crippen molar-refractivity contribution >= 4 is 29.3 Å². The summed E-state index contributed by atoms with van der Waals surface area (Å²) in [6.45, 7) is 2.47. The van der Waals surface area contributed by atoms with E-state index in [1.165, 1.54) is 5.56 Å². The molecular formula is C25H25NO3S. The molecule has 0 saturated heterocycles. The number of esters is 1. The van der Waals surface area contributed by atoms with Crippen LogP contribution in [0, 0.1) is 0 Å². The zero-order chi connectivity index (χ0) is 21.2. The average Bonchev–Trinajstić information content (AvgIpc) is 2.79. The SMILES string of the molecule is CCCCOC(=O)c1ccc(NC(=O)c2ccccc2SCc2ccccc2)cc1. The van der Waals surface area contributed by atoms with Crippen LogP contribution in [-0.2, 0) is 10.5 Å². The number of hydrogen-bond donors (Lipinski definition) is 1. The van der Waals surface area contributed by atoms with Crippen molar-refractivity contribution in [3.63, 3.8) is 0 Å². The van der Waals surface area contributed by atoms with Crippen molar-refractivity contribution in [2.75, 3.05) is 11.9 Å². The summed E-state index contributed by atoms with van der Waals surface area (Å²) in [5.41, 5.74) is 2.94. The lowest BCUT2D eigenvalue weighted by molar-refractivity contribution is 0.0499. The Morgan fingerprint density at radius 3 is 2.33 bits per heavy atom. The summed E-state index contributed by atoms with van der Waals surface area (Å²) in [5.74, 6) is 0.272. The van der Waals surface area contributed by atoms with E-state index >= 15 is 0 Å². The van der Waals surface area contributed by atoms with Gasteiger partial charge in [0, 0.05) is 16.3 Å². The molecule has 154 valence electrons. The fraction of sp³-hybridized carbons (Fsp3) is 0.200. The van der Waals surface area contributed by atoms with Gasteiger partial charge in [-0.2, -0.15) is 0 Å². The molecule has 0 fully saturated rings. The molecule has 3 aromatic carbocycles. The van der Waals surface area contributed by atoms with Crippen LogP contribution in [0.4, 0.5) is 5.69 Å². The Hall–Kier alpha value is -3.05. The van der Waals surface area contributed by atoms with Crippen molar-refractivity contribution in [2.24, 2.45) is 0 Å². The molecule has 0 heterocycles. The second kappa shape index (κ2) is 11.2. The Morgan fingerprint density at radius 1 is 0.900 bits per heavy atom. The smallest absolute Gasteiger partial charge is 0.338 e. The van der Waals surface area contributed by atoms with Crippen LogP contribution in [0.2, 0.25) is 0 Å². The van der Waals surface area contributed by atoms with Gasteiger partial charge in [-0.05, 0) is 48.4 Å². The normalized spacial score (nSPS) is 10.4. The summed E-state index contributed by atoms with van der Waals surface area (Å²) in [6, 6.07) is 24.5. The first kappa shape index (κ1) is 21.7. The molecule has 0 aliphatic carbocycles. The van der Waals surface area contributed by atoms with Gasteiger partial charge in [-0.1, -0.05) is 55.8 Å². The molecule has 3 aromatic rings. The molecule has 0 unspecified atom stereocenters. The number of anilines is 1. The van der Waals surface area contributed by atoms with Crippen molar-refractivity contribution in [3.05, 3.63) is 95.6 Å².